The average molecular weight is 572 g/mol. The van der Waals surface area contributed by atoms with Gasteiger partial charge in [0.1, 0.15) is 30.4 Å². The van der Waals surface area contributed by atoms with Crippen molar-refractivity contribution in [1.29, 1.82) is 0 Å². The lowest BCUT2D eigenvalue weighted by Gasteiger charge is -2.17. The fraction of sp³-hybridized carbons (Fsp3) is 0.194. The number of carbonyl (C=O) groups excluding carboxylic acids is 1. The number of allylic oxidation sites excluding steroid dienone is 4. The van der Waals surface area contributed by atoms with Crippen molar-refractivity contribution in [2.24, 2.45) is 10.7 Å². The zero-order valence-electron chi connectivity index (χ0n) is 23.4. The topological polar surface area (TPSA) is 138 Å². The molecule has 1 amide bonds. The number of methoxy groups -OCH3 is 2. The molecule has 11 nitrogen and oxygen atoms in total. The number of hydrogen-bond acceptors (Lipinski definition) is 9. The molecule has 2 heterocycles. The third kappa shape index (κ3) is 8.28. The van der Waals surface area contributed by atoms with Crippen molar-refractivity contribution in [3.63, 3.8) is 0 Å². The summed E-state index contributed by atoms with van der Waals surface area (Å²) >= 11 is 0. The van der Waals surface area contributed by atoms with Crippen molar-refractivity contribution >= 4 is 12.1 Å². The molecule has 42 heavy (non-hydrogen) atoms. The molecule has 3 aromatic rings. The van der Waals surface area contributed by atoms with Crippen LogP contribution in [0.5, 0.6) is 17.2 Å². The van der Waals surface area contributed by atoms with Crippen LogP contribution in [0.2, 0.25) is 0 Å². The van der Waals surface area contributed by atoms with Crippen molar-refractivity contribution in [2.75, 3.05) is 27.3 Å². The first-order chi connectivity index (χ1) is 20.5. The molecule has 4 rings (SSSR count). The molecule has 0 radical (unpaired) electrons. The van der Waals surface area contributed by atoms with Crippen LogP contribution in [-0.2, 0) is 13.2 Å². The van der Waals surface area contributed by atoms with Gasteiger partial charge in [0, 0.05) is 25.4 Å². The molecule has 1 aliphatic rings. The van der Waals surface area contributed by atoms with Gasteiger partial charge < -0.3 is 35.4 Å². The van der Waals surface area contributed by atoms with Crippen LogP contribution in [0.15, 0.2) is 106 Å². The molecule has 4 N–H and O–H groups in total. The number of carbonyl (C=O) groups is 1. The molecule has 0 saturated carbocycles. The first kappa shape index (κ1) is 29.5. The van der Waals surface area contributed by atoms with Crippen LogP contribution in [-0.4, -0.2) is 44.2 Å². The summed E-state index contributed by atoms with van der Waals surface area (Å²) in [6, 6.07) is 15.8. The number of aromatic nitrogens is 1. The predicted molar refractivity (Wildman–Crippen MR) is 160 cm³/mol. The highest BCUT2D eigenvalue weighted by atomic mass is 16.7. The summed E-state index contributed by atoms with van der Waals surface area (Å²) in [7, 11) is 3.18. The second kappa shape index (κ2) is 14.8. The lowest BCUT2D eigenvalue weighted by Crippen LogP contribution is -2.35. The van der Waals surface area contributed by atoms with Crippen LogP contribution in [0.25, 0.3) is 0 Å². The van der Waals surface area contributed by atoms with Gasteiger partial charge in [-0.3, -0.25) is 14.6 Å². The highest BCUT2D eigenvalue weighted by Gasteiger charge is 2.16. The number of hydrogen-bond donors (Lipinski definition) is 3. The number of rotatable bonds is 13. The third-order valence-electron chi connectivity index (χ3n) is 6.09. The Bertz CT molecular complexity index is 1540. The van der Waals surface area contributed by atoms with E-state index < -0.39 is 11.3 Å². The summed E-state index contributed by atoms with van der Waals surface area (Å²) < 4.78 is 17.4. The number of ether oxygens (including phenoxy) is 3. The molecule has 0 spiro atoms. The molecule has 0 fully saturated rings. The van der Waals surface area contributed by atoms with Gasteiger partial charge in [-0.15, -0.1) is 0 Å². The SMILES string of the molecule is COc1ccc(COc2cn(OCc3ccc(OC)cc3)c(C(=O)NCCNC3=C(N)C=N/C=C/C=C3)cc2=O)cc1. The Balaban J connectivity index is 1.46. The van der Waals surface area contributed by atoms with Crippen molar-refractivity contribution in [1.82, 2.24) is 15.4 Å². The fourth-order valence-electron chi connectivity index (χ4n) is 3.79. The van der Waals surface area contributed by atoms with E-state index in [0.29, 0.717) is 29.4 Å². The molecule has 218 valence electrons. The molecule has 0 unspecified atom stereocenters. The van der Waals surface area contributed by atoms with Gasteiger partial charge in [-0.1, -0.05) is 30.3 Å². The quantitative estimate of drug-likeness (QED) is 0.266. The molecular formula is C31H33N5O6. The van der Waals surface area contributed by atoms with E-state index in [4.69, 9.17) is 24.8 Å². The Morgan fingerprint density at radius 3 is 2.26 bits per heavy atom. The van der Waals surface area contributed by atoms with E-state index in [9.17, 15) is 9.59 Å². The van der Waals surface area contributed by atoms with Crippen molar-refractivity contribution < 1.29 is 23.8 Å². The van der Waals surface area contributed by atoms with Gasteiger partial charge in [0.2, 0.25) is 5.43 Å². The number of nitrogens with zero attached hydrogens (tertiary/aromatic N) is 2. The predicted octanol–water partition coefficient (Wildman–Crippen LogP) is 2.72. The number of nitrogens with one attached hydrogen (secondary N) is 2. The Labute approximate surface area is 243 Å². The zero-order chi connectivity index (χ0) is 29.7. The number of pyridine rings is 1. The van der Waals surface area contributed by atoms with Gasteiger partial charge >= 0.3 is 0 Å². The van der Waals surface area contributed by atoms with Gasteiger partial charge in [-0.25, -0.2) is 0 Å². The lowest BCUT2D eigenvalue weighted by molar-refractivity contribution is 0.0736. The van der Waals surface area contributed by atoms with Gasteiger partial charge in [0.25, 0.3) is 5.91 Å². The minimum absolute atomic E-state index is 0.0205. The zero-order valence-corrected chi connectivity index (χ0v) is 23.4. The molecule has 2 aromatic carbocycles. The minimum atomic E-state index is -0.495. The van der Waals surface area contributed by atoms with Crippen LogP contribution in [0.3, 0.4) is 0 Å². The first-order valence-electron chi connectivity index (χ1n) is 13.1. The Morgan fingerprint density at radius 2 is 1.60 bits per heavy atom. The molecule has 1 aliphatic heterocycles. The lowest BCUT2D eigenvalue weighted by atomic mass is 10.2. The fourth-order valence-corrected chi connectivity index (χ4v) is 3.79. The molecule has 0 aliphatic carbocycles. The van der Waals surface area contributed by atoms with Crippen molar-refractivity contribution in [3.05, 3.63) is 124 Å². The summed E-state index contributed by atoms with van der Waals surface area (Å²) in [5.41, 5.74) is 8.40. The van der Waals surface area contributed by atoms with Gasteiger partial charge in [0.05, 0.1) is 38.0 Å². The maximum atomic E-state index is 13.2. The normalized spacial score (nSPS) is 13.1. The number of amides is 1. The van der Waals surface area contributed by atoms with Crippen LogP contribution < -0.4 is 40.8 Å². The van der Waals surface area contributed by atoms with E-state index >= 15 is 0 Å². The maximum absolute atomic E-state index is 13.2. The Morgan fingerprint density at radius 1 is 0.929 bits per heavy atom. The molecule has 11 heteroatoms. The van der Waals surface area contributed by atoms with Gasteiger partial charge in [0.15, 0.2) is 5.75 Å². The van der Waals surface area contributed by atoms with E-state index in [1.54, 1.807) is 44.7 Å². The largest absolute Gasteiger partial charge is 0.497 e. The van der Waals surface area contributed by atoms with E-state index in [1.165, 1.54) is 23.2 Å². The number of aliphatic imine (C=N–C) groups is 1. The monoisotopic (exact) mass is 571 g/mol. The molecule has 1 aromatic heterocycles. The highest BCUT2D eigenvalue weighted by molar-refractivity contribution is 5.92. The first-order valence-corrected chi connectivity index (χ1v) is 13.1. The molecule has 0 atom stereocenters. The minimum Gasteiger partial charge on any atom is -0.497 e. The Hall–Kier alpha value is -5.45. The van der Waals surface area contributed by atoms with E-state index in [-0.39, 0.29) is 31.2 Å². The van der Waals surface area contributed by atoms with Crippen LogP contribution in [0, 0.1) is 0 Å². The van der Waals surface area contributed by atoms with Gasteiger partial charge in [-0.2, -0.15) is 4.73 Å². The Kier molecular flexibility index (Phi) is 10.4. The van der Waals surface area contributed by atoms with Crippen molar-refractivity contribution in [2.45, 2.75) is 13.2 Å². The van der Waals surface area contributed by atoms with E-state index in [0.717, 1.165) is 11.1 Å². The second-order valence-electron chi connectivity index (χ2n) is 9.00. The summed E-state index contributed by atoms with van der Waals surface area (Å²) in [5, 5.41) is 5.97. The van der Waals surface area contributed by atoms with Crippen LogP contribution >= 0.6 is 0 Å². The summed E-state index contributed by atoms with van der Waals surface area (Å²) in [5.74, 6) is 0.963. The average Bonchev–Trinajstić information content (AvgIpc) is 3.01. The van der Waals surface area contributed by atoms with E-state index in [1.807, 2.05) is 42.5 Å². The second-order valence-corrected chi connectivity index (χ2v) is 9.00. The molecule has 0 bridgehead atoms. The molecule has 0 saturated heterocycles. The summed E-state index contributed by atoms with van der Waals surface area (Å²) in [4.78, 5) is 36.1. The number of nitrogens with two attached hydrogens (primary N) is 1. The standard InChI is InChI=1S/C31H33N5O6/c1-39-24-10-6-22(7-11-24)20-41-30-19-36(42-21-23-8-12-25(40-2)13-9-23)28(17-29(30)37)31(38)35-16-15-34-27-5-3-4-14-33-18-26(27)32/h3-14,17-19,34H,15-16,20-21,32H2,1-2H3,(H,35,38)/b4-3?,5-3?,14-4+,26-18?,27-5?,27-26?,33-14?,33-18?. The third-order valence-corrected chi connectivity index (χ3v) is 6.09. The van der Waals surface area contributed by atoms with Crippen molar-refractivity contribution in [3.8, 4) is 17.2 Å². The smallest absolute Gasteiger partial charge is 0.271 e. The van der Waals surface area contributed by atoms with Crippen LogP contribution in [0.1, 0.15) is 21.6 Å². The molecular weight excluding hydrogens is 538 g/mol. The number of benzene rings is 2. The summed E-state index contributed by atoms with van der Waals surface area (Å²) in [6.45, 7) is 0.897. The van der Waals surface area contributed by atoms with Gasteiger partial charge in [-0.05, 0) is 47.5 Å². The van der Waals surface area contributed by atoms with E-state index in [2.05, 4.69) is 15.6 Å². The van der Waals surface area contributed by atoms with Crippen LogP contribution in [0.4, 0.5) is 0 Å². The highest BCUT2D eigenvalue weighted by Crippen LogP contribution is 2.15. The summed E-state index contributed by atoms with van der Waals surface area (Å²) in [6.07, 6.45) is 9.95. The maximum Gasteiger partial charge on any atom is 0.271 e.